The summed E-state index contributed by atoms with van der Waals surface area (Å²) in [5.41, 5.74) is -0.228. The maximum Gasteiger partial charge on any atom is 0.418 e. The van der Waals surface area contributed by atoms with Crippen LogP contribution >= 0.6 is 0 Å². The van der Waals surface area contributed by atoms with Crippen molar-refractivity contribution in [3.05, 3.63) is 65.7 Å². The third kappa shape index (κ3) is 6.11. The summed E-state index contributed by atoms with van der Waals surface area (Å²) in [7, 11) is -4.28. The van der Waals surface area contributed by atoms with Crippen LogP contribution in [0.25, 0.3) is 11.3 Å². The number of carbonyl (C=O) groups is 1. The van der Waals surface area contributed by atoms with E-state index in [9.17, 15) is 26.4 Å². The van der Waals surface area contributed by atoms with Crippen molar-refractivity contribution in [2.75, 3.05) is 16.6 Å². The number of aromatic nitrogens is 2. The summed E-state index contributed by atoms with van der Waals surface area (Å²) in [4.78, 5) is 18.7. The number of rotatable bonds is 10. The van der Waals surface area contributed by atoms with Crippen LogP contribution < -0.4 is 10.0 Å². The van der Waals surface area contributed by atoms with Crippen LogP contribution in [0.5, 0.6) is 0 Å². The lowest BCUT2D eigenvalue weighted by atomic mass is 9.97. The summed E-state index contributed by atoms with van der Waals surface area (Å²) in [6.45, 7) is 0.264. The Kier molecular flexibility index (Phi) is 7.16. The minimum absolute atomic E-state index is 0.0572. The monoisotopic (exact) mass is 520 g/mol. The van der Waals surface area contributed by atoms with Crippen molar-refractivity contribution in [1.29, 1.82) is 0 Å². The molecule has 190 valence electrons. The van der Waals surface area contributed by atoms with Gasteiger partial charge in [-0.1, -0.05) is 30.3 Å². The number of halogens is 3. The molecule has 0 spiro atoms. The van der Waals surface area contributed by atoms with Gasteiger partial charge < -0.3 is 10.4 Å². The second kappa shape index (κ2) is 10.1. The van der Waals surface area contributed by atoms with E-state index in [4.69, 9.17) is 5.11 Å². The van der Waals surface area contributed by atoms with Gasteiger partial charge in [0.25, 0.3) is 10.0 Å². The molecule has 0 atom stereocenters. The van der Waals surface area contributed by atoms with Gasteiger partial charge in [-0.2, -0.15) is 21.6 Å². The number of anilines is 2. The minimum Gasteiger partial charge on any atom is -0.481 e. The van der Waals surface area contributed by atoms with Gasteiger partial charge >= 0.3 is 12.1 Å². The molecule has 1 aliphatic carbocycles. The molecule has 8 nitrogen and oxygen atoms in total. The molecule has 2 heterocycles. The molecule has 0 unspecified atom stereocenters. The molecule has 0 radical (unpaired) electrons. The van der Waals surface area contributed by atoms with E-state index in [1.165, 1.54) is 18.2 Å². The lowest BCUT2D eigenvalue weighted by Gasteiger charge is -2.17. The van der Waals surface area contributed by atoms with E-state index in [0.717, 1.165) is 30.5 Å². The Morgan fingerprint density at radius 3 is 2.44 bits per heavy atom. The number of nitrogens with zero attached hydrogens (tertiary/aromatic N) is 2. The summed E-state index contributed by atoms with van der Waals surface area (Å²) in [6.07, 6.45) is -2.68. The SMILES string of the molecule is O=C(O)CCCNc1cccc(S(=O)(=O)Nc2ccc(C(F)(F)F)c(-c3ccccc3C3CC3)n2)n1. The molecular weight excluding hydrogens is 497 g/mol. The molecule has 3 aromatic rings. The zero-order valence-corrected chi connectivity index (χ0v) is 19.7. The summed E-state index contributed by atoms with van der Waals surface area (Å²) < 4.78 is 69.5. The highest BCUT2D eigenvalue weighted by Gasteiger charge is 2.36. The van der Waals surface area contributed by atoms with Crippen LogP contribution in [0.4, 0.5) is 24.8 Å². The molecule has 12 heteroatoms. The maximum absolute atomic E-state index is 13.8. The lowest BCUT2D eigenvalue weighted by Crippen LogP contribution is -2.17. The van der Waals surface area contributed by atoms with Crippen LogP contribution in [0.3, 0.4) is 0 Å². The van der Waals surface area contributed by atoms with Crippen molar-refractivity contribution in [2.24, 2.45) is 0 Å². The lowest BCUT2D eigenvalue weighted by molar-refractivity contribution is -0.138. The van der Waals surface area contributed by atoms with Gasteiger partial charge in [0.1, 0.15) is 11.6 Å². The molecule has 0 aliphatic heterocycles. The second-order valence-corrected chi connectivity index (χ2v) is 9.97. The predicted molar refractivity (Wildman–Crippen MR) is 127 cm³/mol. The fraction of sp³-hybridized carbons (Fsp3) is 0.292. The molecule has 36 heavy (non-hydrogen) atoms. The fourth-order valence-electron chi connectivity index (χ4n) is 3.72. The molecule has 0 saturated heterocycles. The molecule has 1 fully saturated rings. The number of carboxylic acid groups (broad SMARTS) is 1. The van der Waals surface area contributed by atoms with Crippen LogP contribution in [0.15, 0.2) is 59.6 Å². The molecular formula is C24H23F3N4O4S. The van der Waals surface area contributed by atoms with Gasteiger partial charge in [-0.05, 0) is 55.0 Å². The topological polar surface area (TPSA) is 121 Å². The van der Waals surface area contributed by atoms with Crippen LogP contribution in [0.1, 0.15) is 42.7 Å². The molecule has 0 bridgehead atoms. The molecule has 1 aromatic carbocycles. The Morgan fingerprint density at radius 1 is 1.00 bits per heavy atom. The largest absolute Gasteiger partial charge is 0.481 e. The normalized spacial score (nSPS) is 13.9. The smallest absolute Gasteiger partial charge is 0.418 e. The number of hydrogen-bond donors (Lipinski definition) is 3. The van der Waals surface area contributed by atoms with Crippen molar-refractivity contribution in [1.82, 2.24) is 9.97 Å². The summed E-state index contributed by atoms with van der Waals surface area (Å²) >= 11 is 0. The number of hydrogen-bond acceptors (Lipinski definition) is 6. The standard InChI is InChI=1S/C24H23F3N4O4S/c25-24(26,27)18-12-13-20(30-23(18)17-6-2-1-5-16(17)15-10-11-15)31-36(34,35)21-8-3-7-19(29-21)28-14-4-9-22(32)33/h1-3,5-8,12-13,15H,4,9-11,14H2,(H,28,29)(H,30,31)(H,32,33). The highest BCUT2D eigenvalue weighted by Crippen LogP contribution is 2.46. The minimum atomic E-state index is -4.68. The summed E-state index contributed by atoms with van der Waals surface area (Å²) in [6, 6.07) is 12.7. The van der Waals surface area contributed by atoms with Crippen LogP contribution in [0, 0.1) is 0 Å². The first-order valence-corrected chi connectivity index (χ1v) is 12.7. The highest BCUT2D eigenvalue weighted by atomic mass is 32.2. The molecule has 3 N–H and O–H groups in total. The van der Waals surface area contributed by atoms with Crippen molar-refractivity contribution in [2.45, 2.75) is 42.8 Å². The molecule has 0 amide bonds. The zero-order chi connectivity index (χ0) is 25.9. The maximum atomic E-state index is 13.8. The van der Waals surface area contributed by atoms with Gasteiger partial charge in [0.2, 0.25) is 0 Å². The van der Waals surface area contributed by atoms with E-state index in [2.05, 4.69) is 20.0 Å². The number of carboxylic acids is 1. The average Bonchev–Trinajstić information content (AvgIpc) is 3.66. The van der Waals surface area contributed by atoms with Gasteiger partial charge in [0.15, 0.2) is 5.03 Å². The van der Waals surface area contributed by atoms with Gasteiger partial charge in [0.05, 0.1) is 11.3 Å². The Morgan fingerprint density at radius 2 is 1.75 bits per heavy atom. The van der Waals surface area contributed by atoms with Crippen molar-refractivity contribution in [3.8, 4) is 11.3 Å². The van der Waals surface area contributed by atoms with Gasteiger partial charge in [-0.15, -0.1) is 0 Å². The average molecular weight is 521 g/mol. The Balaban J connectivity index is 1.62. The predicted octanol–water partition coefficient (Wildman–Crippen LogP) is 5.12. The van der Waals surface area contributed by atoms with Crippen LogP contribution in [-0.2, 0) is 21.0 Å². The van der Waals surface area contributed by atoms with Crippen LogP contribution in [-0.4, -0.2) is 36.0 Å². The van der Waals surface area contributed by atoms with E-state index in [1.54, 1.807) is 24.3 Å². The Bertz CT molecular complexity index is 1380. The quantitative estimate of drug-likeness (QED) is 0.317. The summed E-state index contributed by atoms with van der Waals surface area (Å²) in [5, 5.41) is 11.2. The number of aliphatic carboxylic acids is 1. The van der Waals surface area contributed by atoms with Crippen molar-refractivity contribution < 1.29 is 31.5 Å². The van der Waals surface area contributed by atoms with Gasteiger partial charge in [-0.25, -0.2) is 9.97 Å². The van der Waals surface area contributed by atoms with E-state index in [-0.39, 0.29) is 41.2 Å². The first kappa shape index (κ1) is 25.4. The number of pyridine rings is 2. The van der Waals surface area contributed by atoms with Gasteiger partial charge in [-0.3, -0.25) is 9.52 Å². The fourth-order valence-corrected chi connectivity index (χ4v) is 4.69. The molecule has 1 aliphatic rings. The first-order valence-electron chi connectivity index (χ1n) is 11.2. The summed E-state index contributed by atoms with van der Waals surface area (Å²) in [5.74, 6) is -0.860. The van der Waals surface area contributed by atoms with Crippen LogP contribution in [0.2, 0.25) is 0 Å². The van der Waals surface area contributed by atoms with E-state index >= 15 is 0 Å². The second-order valence-electron chi connectivity index (χ2n) is 8.34. The van der Waals surface area contributed by atoms with E-state index < -0.39 is 27.7 Å². The number of nitrogens with one attached hydrogen (secondary N) is 2. The molecule has 4 rings (SSSR count). The van der Waals surface area contributed by atoms with E-state index in [1.807, 2.05) is 0 Å². The van der Waals surface area contributed by atoms with E-state index in [0.29, 0.717) is 12.0 Å². The third-order valence-electron chi connectivity index (χ3n) is 5.55. The van der Waals surface area contributed by atoms with Gasteiger partial charge in [0, 0.05) is 18.5 Å². The van der Waals surface area contributed by atoms with Crippen molar-refractivity contribution >= 4 is 27.6 Å². The number of benzene rings is 1. The third-order valence-corrected chi connectivity index (χ3v) is 6.80. The molecule has 2 aromatic heterocycles. The number of sulfonamides is 1. The van der Waals surface area contributed by atoms with Crippen molar-refractivity contribution in [3.63, 3.8) is 0 Å². The Hall–Kier alpha value is -3.67. The first-order chi connectivity index (χ1) is 17.0. The Labute approximate surface area is 205 Å². The molecule has 1 saturated carbocycles. The number of alkyl halides is 3. The highest BCUT2D eigenvalue weighted by molar-refractivity contribution is 7.92. The zero-order valence-electron chi connectivity index (χ0n) is 18.9.